The van der Waals surface area contributed by atoms with Crippen LogP contribution >= 0.6 is 0 Å². The fraction of sp³-hybridized carbons (Fsp3) is 0.800. The first-order valence-electron chi connectivity index (χ1n) is 5.00. The molecule has 0 aromatic carbocycles. The Kier molecular flexibility index (Phi) is 4.89. The van der Waals surface area contributed by atoms with Crippen molar-refractivity contribution in [1.82, 2.24) is 0 Å². The van der Waals surface area contributed by atoms with Crippen LogP contribution in [0.15, 0.2) is 0 Å². The molecule has 4 N–H and O–H groups in total. The molecule has 0 bridgehead atoms. The van der Waals surface area contributed by atoms with E-state index in [1.807, 2.05) is 0 Å². The van der Waals surface area contributed by atoms with Crippen molar-refractivity contribution < 1.29 is 24.5 Å². The van der Waals surface area contributed by atoms with Gasteiger partial charge in [0, 0.05) is 6.61 Å². The van der Waals surface area contributed by atoms with Gasteiger partial charge in [0.05, 0.1) is 0 Å². The molecule has 0 aromatic rings. The van der Waals surface area contributed by atoms with Gasteiger partial charge in [0.1, 0.15) is 5.60 Å². The number of aliphatic carboxylic acids is 1. The van der Waals surface area contributed by atoms with E-state index in [4.69, 9.17) is 20.7 Å². The second-order valence-corrected chi connectivity index (χ2v) is 4.61. The summed E-state index contributed by atoms with van der Waals surface area (Å²) in [6, 6.07) is 0. The van der Waals surface area contributed by atoms with E-state index in [9.17, 15) is 9.59 Å². The highest BCUT2D eigenvalue weighted by Crippen LogP contribution is 2.17. The van der Waals surface area contributed by atoms with Gasteiger partial charge in [-0.1, -0.05) is 0 Å². The molecule has 6 nitrogen and oxygen atoms in total. The van der Waals surface area contributed by atoms with Crippen molar-refractivity contribution in [3.05, 3.63) is 0 Å². The van der Waals surface area contributed by atoms with E-state index in [0.29, 0.717) is 0 Å². The van der Waals surface area contributed by atoms with Crippen LogP contribution in [0.3, 0.4) is 0 Å². The summed E-state index contributed by atoms with van der Waals surface area (Å²) in [6.45, 7) is 4.65. The van der Waals surface area contributed by atoms with E-state index < -0.39 is 23.1 Å². The Hall–Kier alpha value is -1.14. The fourth-order valence-electron chi connectivity index (χ4n) is 1.02. The standard InChI is InChI=1S/C10H19NO5/c1-9(2,3)16-8(15)10(11,7(13)14)5-4-6-12/h12H,4-6,11H2,1-3H3,(H,13,14)/t10-/m0/s1. The zero-order valence-corrected chi connectivity index (χ0v) is 9.82. The van der Waals surface area contributed by atoms with Crippen LogP contribution in [0, 0.1) is 0 Å². The minimum Gasteiger partial charge on any atom is -0.479 e. The number of carboxylic acids is 1. The third-order valence-electron chi connectivity index (χ3n) is 1.87. The van der Waals surface area contributed by atoms with Crippen molar-refractivity contribution in [2.45, 2.75) is 44.8 Å². The molecule has 94 valence electrons. The molecule has 0 heterocycles. The average molecular weight is 233 g/mol. The summed E-state index contributed by atoms with van der Waals surface area (Å²) < 4.78 is 4.93. The first-order chi connectivity index (χ1) is 7.13. The summed E-state index contributed by atoms with van der Waals surface area (Å²) in [5.74, 6) is -2.43. The summed E-state index contributed by atoms with van der Waals surface area (Å²) in [5.41, 5.74) is 2.61. The molecule has 0 aromatic heterocycles. The predicted molar refractivity (Wildman–Crippen MR) is 56.7 cm³/mol. The SMILES string of the molecule is CC(C)(C)OC(=O)[C@](N)(CCCO)C(=O)O. The number of esters is 1. The lowest BCUT2D eigenvalue weighted by atomic mass is 9.94. The highest BCUT2D eigenvalue weighted by Gasteiger charge is 2.44. The molecule has 0 aliphatic carbocycles. The molecule has 0 aliphatic heterocycles. The fourth-order valence-corrected chi connectivity index (χ4v) is 1.02. The van der Waals surface area contributed by atoms with Crippen LogP contribution in [0.25, 0.3) is 0 Å². The van der Waals surface area contributed by atoms with Crippen LogP contribution in [0.2, 0.25) is 0 Å². The second-order valence-electron chi connectivity index (χ2n) is 4.61. The van der Waals surface area contributed by atoms with Crippen molar-refractivity contribution in [3.63, 3.8) is 0 Å². The van der Waals surface area contributed by atoms with E-state index in [2.05, 4.69) is 0 Å². The Balaban J connectivity index is 4.77. The first kappa shape index (κ1) is 14.9. The van der Waals surface area contributed by atoms with E-state index in [1.54, 1.807) is 20.8 Å². The number of carbonyl (C=O) groups is 2. The Bertz CT molecular complexity index is 271. The van der Waals surface area contributed by atoms with E-state index in [-0.39, 0.29) is 19.4 Å². The number of hydrogen-bond acceptors (Lipinski definition) is 5. The molecule has 0 amide bonds. The van der Waals surface area contributed by atoms with Gasteiger partial charge in [0.25, 0.3) is 0 Å². The molecule has 0 spiro atoms. The quantitative estimate of drug-likeness (QED) is 0.451. The Labute approximate surface area is 94.4 Å². The van der Waals surface area contributed by atoms with Gasteiger partial charge in [-0.15, -0.1) is 0 Å². The van der Waals surface area contributed by atoms with Crippen LogP contribution in [0.1, 0.15) is 33.6 Å². The molecular weight excluding hydrogens is 214 g/mol. The molecule has 0 radical (unpaired) electrons. The van der Waals surface area contributed by atoms with Crippen LogP contribution in [-0.4, -0.2) is 39.9 Å². The van der Waals surface area contributed by atoms with Gasteiger partial charge in [-0.05, 0) is 33.6 Å². The van der Waals surface area contributed by atoms with Crippen molar-refractivity contribution in [3.8, 4) is 0 Å². The monoisotopic (exact) mass is 233 g/mol. The zero-order chi connectivity index (χ0) is 13.0. The van der Waals surface area contributed by atoms with Gasteiger partial charge in [-0.25, -0.2) is 9.59 Å². The number of aliphatic hydroxyl groups is 1. The van der Waals surface area contributed by atoms with Crippen LogP contribution in [0.5, 0.6) is 0 Å². The van der Waals surface area contributed by atoms with E-state index in [0.717, 1.165) is 0 Å². The number of nitrogens with two attached hydrogens (primary N) is 1. The summed E-state index contributed by atoms with van der Waals surface area (Å²) in [5, 5.41) is 17.5. The van der Waals surface area contributed by atoms with Crippen LogP contribution in [-0.2, 0) is 14.3 Å². The summed E-state index contributed by atoms with van der Waals surface area (Å²) in [7, 11) is 0. The van der Waals surface area contributed by atoms with Crippen molar-refractivity contribution in [2.24, 2.45) is 5.73 Å². The molecule has 16 heavy (non-hydrogen) atoms. The van der Waals surface area contributed by atoms with Gasteiger partial charge in [-0.3, -0.25) is 0 Å². The lowest BCUT2D eigenvalue weighted by Crippen LogP contribution is -2.57. The topological polar surface area (TPSA) is 110 Å². The third-order valence-corrected chi connectivity index (χ3v) is 1.87. The second kappa shape index (κ2) is 5.27. The molecule has 0 rings (SSSR count). The molecule has 0 unspecified atom stereocenters. The van der Waals surface area contributed by atoms with E-state index >= 15 is 0 Å². The van der Waals surface area contributed by atoms with Crippen molar-refractivity contribution >= 4 is 11.9 Å². The maximum Gasteiger partial charge on any atom is 0.338 e. The number of hydrogen-bond donors (Lipinski definition) is 3. The number of rotatable bonds is 5. The van der Waals surface area contributed by atoms with Crippen molar-refractivity contribution in [1.29, 1.82) is 0 Å². The number of carbonyl (C=O) groups excluding carboxylic acids is 1. The maximum absolute atomic E-state index is 11.6. The number of ether oxygens (including phenoxy) is 1. The smallest absolute Gasteiger partial charge is 0.338 e. The minimum absolute atomic E-state index is 0.127. The largest absolute Gasteiger partial charge is 0.479 e. The van der Waals surface area contributed by atoms with E-state index in [1.165, 1.54) is 0 Å². The Morgan fingerprint density at radius 1 is 1.31 bits per heavy atom. The minimum atomic E-state index is -2.09. The highest BCUT2D eigenvalue weighted by molar-refractivity contribution is 6.03. The normalized spacial score (nSPS) is 15.3. The lowest BCUT2D eigenvalue weighted by Gasteiger charge is -2.27. The Morgan fingerprint density at radius 3 is 2.12 bits per heavy atom. The Morgan fingerprint density at radius 2 is 1.81 bits per heavy atom. The highest BCUT2D eigenvalue weighted by atomic mass is 16.6. The van der Waals surface area contributed by atoms with Crippen molar-refractivity contribution in [2.75, 3.05) is 6.61 Å². The third kappa shape index (κ3) is 4.16. The summed E-state index contributed by atoms with van der Waals surface area (Å²) in [4.78, 5) is 22.6. The van der Waals surface area contributed by atoms with Gasteiger partial charge >= 0.3 is 11.9 Å². The number of aliphatic hydroxyl groups excluding tert-OH is 1. The number of carboxylic acid groups (broad SMARTS) is 1. The predicted octanol–water partition coefficient (Wildman–Crippen LogP) is -0.117. The van der Waals surface area contributed by atoms with Gasteiger partial charge in [-0.2, -0.15) is 0 Å². The molecule has 0 saturated carbocycles. The summed E-state index contributed by atoms with van der Waals surface area (Å²) >= 11 is 0. The molecule has 1 atom stereocenters. The molecule has 0 saturated heterocycles. The van der Waals surface area contributed by atoms with Gasteiger partial charge in [0.2, 0.25) is 5.54 Å². The van der Waals surface area contributed by atoms with Gasteiger partial charge in [0.15, 0.2) is 0 Å². The summed E-state index contributed by atoms with van der Waals surface area (Å²) in [6.07, 6.45) is -0.0320. The maximum atomic E-state index is 11.6. The molecule has 6 heteroatoms. The van der Waals surface area contributed by atoms with Crippen LogP contribution < -0.4 is 5.73 Å². The lowest BCUT2D eigenvalue weighted by molar-refractivity contribution is -0.169. The zero-order valence-electron chi connectivity index (χ0n) is 9.82. The molecular formula is C10H19NO5. The molecule has 0 fully saturated rings. The van der Waals surface area contributed by atoms with Crippen LogP contribution in [0.4, 0.5) is 0 Å². The van der Waals surface area contributed by atoms with Gasteiger partial charge < -0.3 is 20.7 Å². The molecule has 0 aliphatic rings. The average Bonchev–Trinajstić information content (AvgIpc) is 2.10. The first-order valence-corrected chi connectivity index (χ1v) is 5.00.